The maximum atomic E-state index is 12.5. The van der Waals surface area contributed by atoms with E-state index in [9.17, 15) is 4.79 Å². The molecule has 2 unspecified atom stereocenters. The number of rotatable bonds is 7. The van der Waals surface area contributed by atoms with Crippen molar-refractivity contribution in [2.75, 3.05) is 6.61 Å². The van der Waals surface area contributed by atoms with Gasteiger partial charge >= 0.3 is 0 Å². The van der Waals surface area contributed by atoms with Crippen LogP contribution in [0.4, 0.5) is 0 Å². The molecule has 0 aliphatic carbocycles. The fraction of sp³-hybridized carbons (Fsp3) is 0.391. The molecule has 1 fully saturated rings. The molecule has 2 atom stereocenters. The SMILES string of the molecule is CC(NC(=O)C1CCCO1)c1nc2ccccc2n1CCCc1ccccc1. The molecule has 0 bridgehead atoms. The number of benzene rings is 2. The van der Waals surface area contributed by atoms with Gasteiger partial charge in [-0.1, -0.05) is 42.5 Å². The zero-order valence-electron chi connectivity index (χ0n) is 16.3. The summed E-state index contributed by atoms with van der Waals surface area (Å²) in [4.78, 5) is 17.3. The van der Waals surface area contributed by atoms with Gasteiger partial charge in [0.2, 0.25) is 5.91 Å². The Kier molecular flexibility index (Phi) is 5.72. The molecule has 1 saturated heterocycles. The first-order chi connectivity index (χ1) is 13.7. The molecule has 0 saturated carbocycles. The Morgan fingerprint density at radius 1 is 1.21 bits per heavy atom. The van der Waals surface area contributed by atoms with Gasteiger partial charge in [0.15, 0.2) is 0 Å². The lowest BCUT2D eigenvalue weighted by molar-refractivity contribution is -0.130. The van der Waals surface area contributed by atoms with Crippen molar-refractivity contribution in [3.63, 3.8) is 0 Å². The first-order valence-corrected chi connectivity index (χ1v) is 10.1. The van der Waals surface area contributed by atoms with Crippen molar-refractivity contribution in [2.24, 2.45) is 0 Å². The van der Waals surface area contributed by atoms with Gasteiger partial charge in [-0.2, -0.15) is 0 Å². The number of carbonyl (C=O) groups excluding carboxylic acids is 1. The molecule has 146 valence electrons. The van der Waals surface area contributed by atoms with Crippen LogP contribution in [-0.2, 0) is 22.5 Å². The van der Waals surface area contributed by atoms with Crippen LogP contribution in [0, 0.1) is 0 Å². The molecule has 3 aromatic rings. The Morgan fingerprint density at radius 2 is 2.00 bits per heavy atom. The summed E-state index contributed by atoms with van der Waals surface area (Å²) in [5.74, 6) is 0.869. The normalized spacial score (nSPS) is 17.7. The number of nitrogens with one attached hydrogen (secondary N) is 1. The van der Waals surface area contributed by atoms with E-state index in [4.69, 9.17) is 9.72 Å². The van der Waals surface area contributed by atoms with Gasteiger partial charge in [-0.3, -0.25) is 4.79 Å². The second kappa shape index (κ2) is 8.57. The molecular formula is C23H27N3O2. The van der Waals surface area contributed by atoms with Gasteiger partial charge in [0.05, 0.1) is 17.1 Å². The highest BCUT2D eigenvalue weighted by Gasteiger charge is 2.26. The molecule has 0 radical (unpaired) electrons. The third kappa shape index (κ3) is 4.09. The van der Waals surface area contributed by atoms with Crippen molar-refractivity contribution in [2.45, 2.75) is 51.3 Å². The van der Waals surface area contributed by atoms with E-state index in [0.29, 0.717) is 6.61 Å². The molecule has 2 aromatic carbocycles. The maximum absolute atomic E-state index is 12.5. The zero-order valence-corrected chi connectivity index (χ0v) is 16.3. The van der Waals surface area contributed by atoms with Crippen LogP contribution in [0.25, 0.3) is 11.0 Å². The molecule has 1 amide bonds. The van der Waals surface area contributed by atoms with E-state index in [2.05, 4.69) is 40.2 Å². The number of carbonyl (C=O) groups is 1. The lowest BCUT2D eigenvalue weighted by Crippen LogP contribution is -2.36. The van der Waals surface area contributed by atoms with Gasteiger partial charge < -0.3 is 14.6 Å². The number of amides is 1. The summed E-state index contributed by atoms with van der Waals surface area (Å²) in [5.41, 5.74) is 3.42. The van der Waals surface area contributed by atoms with E-state index < -0.39 is 0 Å². The van der Waals surface area contributed by atoms with E-state index in [-0.39, 0.29) is 18.1 Å². The first kappa shape index (κ1) is 18.7. The van der Waals surface area contributed by atoms with Gasteiger partial charge in [-0.15, -0.1) is 0 Å². The Balaban J connectivity index is 1.51. The van der Waals surface area contributed by atoms with Crippen LogP contribution in [0.3, 0.4) is 0 Å². The molecule has 5 nitrogen and oxygen atoms in total. The van der Waals surface area contributed by atoms with Gasteiger partial charge in [0, 0.05) is 13.2 Å². The highest BCUT2D eigenvalue weighted by Crippen LogP contribution is 2.22. The maximum Gasteiger partial charge on any atom is 0.249 e. The second-order valence-electron chi connectivity index (χ2n) is 7.43. The van der Waals surface area contributed by atoms with Crippen LogP contribution in [0.15, 0.2) is 54.6 Å². The van der Waals surface area contributed by atoms with Crippen molar-refractivity contribution in [3.05, 3.63) is 66.0 Å². The Bertz CT molecular complexity index is 929. The summed E-state index contributed by atoms with van der Waals surface area (Å²) in [6, 6.07) is 18.5. The summed E-state index contributed by atoms with van der Waals surface area (Å²) in [6.45, 7) is 3.54. The summed E-state index contributed by atoms with van der Waals surface area (Å²) < 4.78 is 7.76. The van der Waals surface area contributed by atoms with Crippen LogP contribution in [0.5, 0.6) is 0 Å². The monoisotopic (exact) mass is 377 g/mol. The number of aryl methyl sites for hydroxylation is 2. The Morgan fingerprint density at radius 3 is 2.79 bits per heavy atom. The molecule has 1 aliphatic rings. The fourth-order valence-corrected chi connectivity index (χ4v) is 3.90. The zero-order chi connectivity index (χ0) is 19.3. The summed E-state index contributed by atoms with van der Waals surface area (Å²) >= 11 is 0. The molecule has 1 aliphatic heterocycles. The topological polar surface area (TPSA) is 56.1 Å². The van der Waals surface area contributed by atoms with Gasteiger partial charge in [-0.25, -0.2) is 4.98 Å². The summed E-state index contributed by atoms with van der Waals surface area (Å²) in [6.07, 6.45) is 3.46. The number of aromatic nitrogens is 2. The minimum absolute atomic E-state index is 0.0344. The van der Waals surface area contributed by atoms with Crippen LogP contribution in [0.1, 0.15) is 43.6 Å². The highest BCUT2D eigenvalue weighted by atomic mass is 16.5. The number of ether oxygens (including phenoxy) is 1. The Labute approximate surface area is 165 Å². The quantitative estimate of drug-likeness (QED) is 0.676. The minimum Gasteiger partial charge on any atom is -0.368 e. The second-order valence-corrected chi connectivity index (χ2v) is 7.43. The van der Waals surface area contributed by atoms with Crippen molar-refractivity contribution >= 4 is 16.9 Å². The third-order valence-corrected chi connectivity index (χ3v) is 5.34. The third-order valence-electron chi connectivity index (χ3n) is 5.34. The van der Waals surface area contributed by atoms with Crippen molar-refractivity contribution < 1.29 is 9.53 Å². The van der Waals surface area contributed by atoms with Crippen molar-refractivity contribution in [1.29, 1.82) is 0 Å². The van der Waals surface area contributed by atoms with Gasteiger partial charge in [0.1, 0.15) is 11.9 Å². The molecule has 0 spiro atoms. The highest BCUT2D eigenvalue weighted by molar-refractivity contribution is 5.81. The van der Waals surface area contributed by atoms with E-state index in [1.54, 1.807) is 0 Å². The van der Waals surface area contributed by atoms with Crippen LogP contribution in [-0.4, -0.2) is 28.2 Å². The molecule has 1 N–H and O–H groups in total. The number of para-hydroxylation sites is 2. The largest absolute Gasteiger partial charge is 0.368 e. The standard InChI is InChI=1S/C23H27N3O2/c1-17(24-23(27)21-14-8-16-28-21)22-25-19-12-5-6-13-20(19)26(22)15-7-11-18-9-3-2-4-10-18/h2-6,9-10,12-13,17,21H,7-8,11,14-16H2,1H3,(H,24,27). The predicted octanol–water partition coefficient (Wildman–Crippen LogP) is 4.03. The van der Waals surface area contributed by atoms with Crippen molar-refractivity contribution in [3.8, 4) is 0 Å². The predicted molar refractivity (Wildman–Crippen MR) is 110 cm³/mol. The molecule has 4 rings (SSSR count). The number of nitrogens with zero attached hydrogens (tertiary/aromatic N) is 2. The first-order valence-electron chi connectivity index (χ1n) is 10.1. The Hall–Kier alpha value is -2.66. The van der Waals surface area contributed by atoms with Gasteiger partial charge in [-0.05, 0) is 50.3 Å². The summed E-state index contributed by atoms with van der Waals surface area (Å²) in [7, 11) is 0. The smallest absolute Gasteiger partial charge is 0.249 e. The fourth-order valence-electron chi connectivity index (χ4n) is 3.90. The van der Waals surface area contributed by atoms with E-state index in [1.807, 2.05) is 31.2 Å². The van der Waals surface area contributed by atoms with E-state index in [1.165, 1.54) is 5.56 Å². The number of hydrogen-bond donors (Lipinski definition) is 1. The number of hydrogen-bond acceptors (Lipinski definition) is 3. The van der Waals surface area contributed by atoms with E-state index in [0.717, 1.165) is 49.1 Å². The molecule has 1 aromatic heterocycles. The van der Waals surface area contributed by atoms with Gasteiger partial charge in [0.25, 0.3) is 0 Å². The number of imidazole rings is 1. The van der Waals surface area contributed by atoms with Crippen LogP contribution in [0.2, 0.25) is 0 Å². The molecule has 2 heterocycles. The molecule has 5 heteroatoms. The molecule has 28 heavy (non-hydrogen) atoms. The average molecular weight is 377 g/mol. The minimum atomic E-state index is -0.321. The summed E-state index contributed by atoms with van der Waals surface area (Å²) in [5, 5.41) is 3.10. The van der Waals surface area contributed by atoms with E-state index >= 15 is 0 Å². The van der Waals surface area contributed by atoms with Crippen LogP contribution < -0.4 is 5.32 Å². The lowest BCUT2D eigenvalue weighted by atomic mass is 10.1. The molecular weight excluding hydrogens is 350 g/mol. The van der Waals surface area contributed by atoms with Crippen molar-refractivity contribution in [1.82, 2.24) is 14.9 Å². The lowest BCUT2D eigenvalue weighted by Gasteiger charge is -2.18. The van der Waals surface area contributed by atoms with Crippen LogP contribution >= 0.6 is 0 Å². The average Bonchev–Trinajstić information content (AvgIpc) is 3.37. The number of fused-ring (bicyclic) bond motifs is 1.